The number of benzene rings is 2. The van der Waals surface area contributed by atoms with E-state index in [9.17, 15) is 14.7 Å². The van der Waals surface area contributed by atoms with Crippen LogP contribution in [-0.4, -0.2) is 38.9 Å². The molecule has 1 atom stereocenters. The molecule has 0 saturated carbocycles. The molecule has 3 rings (SSSR count). The average Bonchev–Trinajstić information content (AvgIpc) is 2.73. The summed E-state index contributed by atoms with van der Waals surface area (Å²) in [4.78, 5) is 28.7. The number of thioether (sulfide) groups is 1. The second-order valence-electron chi connectivity index (χ2n) is 6.48. The number of hydrogen-bond acceptors (Lipinski definition) is 6. The highest BCUT2D eigenvalue weighted by molar-refractivity contribution is 7.99. The zero-order chi connectivity index (χ0) is 20.8. The number of nitrogens with zero attached hydrogens (tertiary/aromatic N) is 2. The molecular formula is C22H22N2O4S. The third-order valence-corrected chi connectivity index (χ3v) is 5.35. The Morgan fingerprint density at radius 2 is 2.10 bits per heavy atom. The third-order valence-electron chi connectivity index (χ3n) is 4.23. The largest absolute Gasteiger partial charge is 0.491 e. The SMILES string of the molecule is C=CCn1c(SC[C@H](O)COc2cccc(C(C)=O)c2)nc2ccccc2c1=O. The maximum Gasteiger partial charge on any atom is 0.262 e. The van der Waals surface area contributed by atoms with Crippen LogP contribution in [0.5, 0.6) is 5.75 Å². The van der Waals surface area contributed by atoms with Crippen LogP contribution in [0.25, 0.3) is 10.9 Å². The van der Waals surface area contributed by atoms with E-state index in [0.29, 0.717) is 39.7 Å². The van der Waals surface area contributed by atoms with E-state index >= 15 is 0 Å². The Morgan fingerprint density at radius 3 is 2.86 bits per heavy atom. The van der Waals surface area contributed by atoms with E-state index in [-0.39, 0.29) is 17.9 Å². The molecule has 0 spiro atoms. The lowest BCUT2D eigenvalue weighted by Crippen LogP contribution is -2.25. The van der Waals surface area contributed by atoms with Gasteiger partial charge < -0.3 is 9.84 Å². The van der Waals surface area contributed by atoms with Gasteiger partial charge in [0.2, 0.25) is 0 Å². The van der Waals surface area contributed by atoms with Gasteiger partial charge in [0, 0.05) is 17.9 Å². The standard InChI is InChI=1S/C22H22N2O4S/c1-3-11-24-21(27)19-9-4-5-10-20(19)23-22(24)29-14-17(26)13-28-18-8-6-7-16(12-18)15(2)25/h3-10,12,17,26H,1,11,13-14H2,2H3/t17-/m1/s1. The summed E-state index contributed by atoms with van der Waals surface area (Å²) in [6, 6.07) is 14.0. The van der Waals surface area contributed by atoms with E-state index in [2.05, 4.69) is 11.6 Å². The van der Waals surface area contributed by atoms with Crippen LogP contribution in [0.1, 0.15) is 17.3 Å². The molecule has 0 aliphatic heterocycles. The Hall–Kier alpha value is -2.90. The maximum absolute atomic E-state index is 12.7. The molecule has 0 bridgehead atoms. The van der Waals surface area contributed by atoms with Crippen LogP contribution in [0, 0.1) is 0 Å². The quantitative estimate of drug-likeness (QED) is 0.252. The monoisotopic (exact) mass is 410 g/mol. The molecule has 2 aromatic carbocycles. The number of aromatic nitrogens is 2. The summed E-state index contributed by atoms with van der Waals surface area (Å²) < 4.78 is 7.14. The lowest BCUT2D eigenvalue weighted by molar-refractivity contribution is 0.101. The van der Waals surface area contributed by atoms with Crippen LogP contribution < -0.4 is 10.3 Å². The molecule has 0 aliphatic rings. The molecule has 0 radical (unpaired) electrons. The summed E-state index contributed by atoms with van der Waals surface area (Å²) in [5.41, 5.74) is 1.04. The number of carbonyl (C=O) groups excluding carboxylic acids is 1. The highest BCUT2D eigenvalue weighted by atomic mass is 32.2. The second kappa shape index (κ2) is 9.54. The van der Waals surface area contributed by atoms with Crippen LogP contribution >= 0.6 is 11.8 Å². The minimum absolute atomic E-state index is 0.0471. The van der Waals surface area contributed by atoms with Gasteiger partial charge in [0.1, 0.15) is 12.4 Å². The van der Waals surface area contributed by atoms with Crippen LogP contribution in [0.3, 0.4) is 0 Å². The number of fused-ring (bicyclic) bond motifs is 1. The predicted molar refractivity (Wildman–Crippen MR) is 115 cm³/mol. The molecule has 1 N–H and O–H groups in total. The van der Waals surface area contributed by atoms with Crippen LogP contribution in [0.4, 0.5) is 0 Å². The normalized spacial score (nSPS) is 11.9. The summed E-state index contributed by atoms with van der Waals surface area (Å²) in [7, 11) is 0. The van der Waals surface area contributed by atoms with E-state index in [1.54, 1.807) is 53.1 Å². The van der Waals surface area contributed by atoms with E-state index in [1.165, 1.54) is 18.7 Å². The van der Waals surface area contributed by atoms with Gasteiger partial charge in [0.05, 0.1) is 17.0 Å². The first-order valence-corrected chi connectivity index (χ1v) is 10.1. The van der Waals surface area contributed by atoms with Gasteiger partial charge in [-0.1, -0.05) is 42.1 Å². The molecule has 150 valence electrons. The third kappa shape index (κ3) is 5.13. The van der Waals surface area contributed by atoms with Crippen molar-refractivity contribution in [2.45, 2.75) is 24.7 Å². The van der Waals surface area contributed by atoms with Crippen molar-refractivity contribution < 1.29 is 14.6 Å². The summed E-state index contributed by atoms with van der Waals surface area (Å²) >= 11 is 1.29. The van der Waals surface area contributed by atoms with Gasteiger partial charge in [0.25, 0.3) is 5.56 Å². The minimum Gasteiger partial charge on any atom is -0.491 e. The number of para-hydroxylation sites is 1. The Bertz CT molecular complexity index is 1090. The van der Waals surface area contributed by atoms with Gasteiger partial charge in [-0.25, -0.2) is 4.98 Å². The molecule has 0 amide bonds. The van der Waals surface area contributed by atoms with Crippen LogP contribution in [-0.2, 0) is 6.54 Å². The summed E-state index contributed by atoms with van der Waals surface area (Å²) in [5.74, 6) is 0.775. The van der Waals surface area contributed by atoms with Gasteiger partial charge in [-0.15, -0.1) is 6.58 Å². The average molecular weight is 410 g/mol. The van der Waals surface area contributed by atoms with Gasteiger partial charge in [-0.05, 0) is 31.2 Å². The predicted octanol–water partition coefficient (Wildman–Crippen LogP) is 3.32. The van der Waals surface area contributed by atoms with Crippen molar-refractivity contribution in [2.75, 3.05) is 12.4 Å². The Morgan fingerprint density at radius 1 is 1.31 bits per heavy atom. The molecule has 0 aliphatic carbocycles. The van der Waals surface area contributed by atoms with Crippen LogP contribution in [0.15, 0.2) is 71.1 Å². The van der Waals surface area contributed by atoms with Crippen LogP contribution in [0.2, 0.25) is 0 Å². The summed E-state index contributed by atoms with van der Waals surface area (Å²) in [6.45, 7) is 5.60. The molecule has 0 fully saturated rings. The van der Waals surface area contributed by atoms with Gasteiger partial charge in [-0.3, -0.25) is 14.2 Å². The van der Waals surface area contributed by atoms with E-state index in [1.807, 2.05) is 6.07 Å². The van der Waals surface area contributed by atoms with Gasteiger partial charge in [-0.2, -0.15) is 0 Å². The Kier molecular flexibility index (Phi) is 6.85. The first kappa shape index (κ1) is 20.8. The highest BCUT2D eigenvalue weighted by Gasteiger charge is 2.13. The number of carbonyl (C=O) groups is 1. The lowest BCUT2D eigenvalue weighted by atomic mass is 10.1. The number of aliphatic hydroxyl groups is 1. The molecule has 3 aromatic rings. The van der Waals surface area contributed by atoms with Crippen molar-refractivity contribution >= 4 is 28.4 Å². The molecular weight excluding hydrogens is 388 g/mol. The van der Waals surface area contributed by atoms with E-state index < -0.39 is 6.10 Å². The Labute approximate surface area is 172 Å². The van der Waals surface area contributed by atoms with Gasteiger partial charge >= 0.3 is 0 Å². The van der Waals surface area contributed by atoms with Crippen molar-refractivity contribution in [3.63, 3.8) is 0 Å². The first-order chi connectivity index (χ1) is 14.0. The van der Waals surface area contributed by atoms with Crippen molar-refractivity contribution in [3.8, 4) is 5.75 Å². The molecule has 1 aromatic heterocycles. The minimum atomic E-state index is -0.776. The van der Waals surface area contributed by atoms with E-state index in [0.717, 1.165) is 0 Å². The molecule has 0 saturated heterocycles. The Balaban J connectivity index is 1.69. The number of rotatable bonds is 9. The molecule has 0 unspecified atom stereocenters. The second-order valence-corrected chi connectivity index (χ2v) is 7.46. The summed E-state index contributed by atoms with van der Waals surface area (Å²) in [6.07, 6.45) is 0.866. The number of ether oxygens (including phenoxy) is 1. The number of Topliss-reactive ketones (excluding diaryl/α,β-unsaturated/α-hetero) is 1. The number of allylic oxidation sites excluding steroid dienone is 1. The molecule has 1 heterocycles. The maximum atomic E-state index is 12.7. The summed E-state index contributed by atoms with van der Waals surface area (Å²) in [5, 5.41) is 11.4. The molecule has 29 heavy (non-hydrogen) atoms. The fraction of sp³-hybridized carbons (Fsp3) is 0.227. The number of ketones is 1. The zero-order valence-corrected chi connectivity index (χ0v) is 16.9. The first-order valence-electron chi connectivity index (χ1n) is 9.14. The zero-order valence-electron chi connectivity index (χ0n) is 16.1. The van der Waals surface area contributed by atoms with E-state index in [4.69, 9.17) is 4.74 Å². The van der Waals surface area contributed by atoms with Crippen molar-refractivity contribution in [1.82, 2.24) is 9.55 Å². The molecule has 6 nitrogen and oxygen atoms in total. The number of aliphatic hydroxyl groups excluding tert-OH is 1. The lowest BCUT2D eigenvalue weighted by Gasteiger charge is -2.15. The molecule has 7 heteroatoms. The fourth-order valence-corrected chi connectivity index (χ4v) is 3.68. The van der Waals surface area contributed by atoms with Crippen molar-refractivity contribution in [3.05, 3.63) is 77.1 Å². The van der Waals surface area contributed by atoms with Crippen molar-refractivity contribution in [2.24, 2.45) is 0 Å². The topological polar surface area (TPSA) is 81.4 Å². The smallest absolute Gasteiger partial charge is 0.262 e. The number of hydrogen-bond donors (Lipinski definition) is 1. The van der Waals surface area contributed by atoms with Crippen molar-refractivity contribution in [1.29, 1.82) is 0 Å². The van der Waals surface area contributed by atoms with Gasteiger partial charge in [0.15, 0.2) is 10.9 Å². The highest BCUT2D eigenvalue weighted by Crippen LogP contribution is 2.20. The fourth-order valence-electron chi connectivity index (χ4n) is 2.76.